The van der Waals surface area contributed by atoms with Crippen LogP contribution in [0.1, 0.15) is 25.3 Å². The molecule has 0 unspecified atom stereocenters. The van der Waals surface area contributed by atoms with E-state index in [0.717, 1.165) is 18.4 Å². The Morgan fingerprint density at radius 1 is 1.46 bits per heavy atom. The monoisotopic (exact) mass is 400 g/mol. The SMILES string of the molecule is CCOC(=O)N1CCC(NC(N)=NCc2cc(F)cc(Br)c2)CC1. The number of aliphatic imine (C=N–C) groups is 1. The highest BCUT2D eigenvalue weighted by molar-refractivity contribution is 9.10. The molecule has 2 rings (SSSR count). The maximum absolute atomic E-state index is 13.3. The van der Waals surface area contributed by atoms with E-state index >= 15 is 0 Å². The Hall–Kier alpha value is -1.83. The average Bonchev–Trinajstić information content (AvgIpc) is 2.53. The zero-order chi connectivity index (χ0) is 17.5. The van der Waals surface area contributed by atoms with Crippen LogP contribution in [0.3, 0.4) is 0 Å². The smallest absolute Gasteiger partial charge is 0.409 e. The molecule has 3 N–H and O–H groups in total. The number of halogens is 2. The van der Waals surface area contributed by atoms with E-state index in [1.165, 1.54) is 12.1 Å². The Labute approximate surface area is 149 Å². The van der Waals surface area contributed by atoms with Gasteiger partial charge in [0.25, 0.3) is 0 Å². The number of guanidine groups is 1. The first kappa shape index (κ1) is 18.5. The fraction of sp³-hybridized carbons (Fsp3) is 0.500. The van der Waals surface area contributed by atoms with Crippen LogP contribution in [0.4, 0.5) is 9.18 Å². The minimum Gasteiger partial charge on any atom is -0.450 e. The number of hydrogen-bond acceptors (Lipinski definition) is 3. The molecule has 6 nitrogen and oxygen atoms in total. The van der Waals surface area contributed by atoms with Gasteiger partial charge in [-0.05, 0) is 43.5 Å². The molecule has 1 aromatic carbocycles. The topological polar surface area (TPSA) is 80.0 Å². The third-order valence-corrected chi connectivity index (χ3v) is 4.19. The molecule has 1 aliphatic rings. The summed E-state index contributed by atoms with van der Waals surface area (Å²) < 4.78 is 19.0. The summed E-state index contributed by atoms with van der Waals surface area (Å²) in [5, 5.41) is 3.15. The number of carbonyl (C=O) groups excluding carboxylic acids is 1. The Kier molecular flexibility index (Phi) is 6.84. The molecular formula is C16H22BrFN4O2. The molecule has 1 heterocycles. The Morgan fingerprint density at radius 3 is 2.79 bits per heavy atom. The van der Waals surface area contributed by atoms with Crippen molar-refractivity contribution >= 4 is 28.0 Å². The molecule has 0 aromatic heterocycles. The van der Waals surface area contributed by atoms with Gasteiger partial charge in [0.05, 0.1) is 13.2 Å². The summed E-state index contributed by atoms with van der Waals surface area (Å²) in [5.74, 6) is 0.0115. The van der Waals surface area contributed by atoms with Crippen molar-refractivity contribution in [3.63, 3.8) is 0 Å². The molecule has 1 saturated heterocycles. The lowest BCUT2D eigenvalue weighted by Gasteiger charge is -2.31. The van der Waals surface area contributed by atoms with Crippen molar-refractivity contribution in [3.8, 4) is 0 Å². The molecule has 0 spiro atoms. The number of nitrogens with one attached hydrogen (secondary N) is 1. The van der Waals surface area contributed by atoms with Crippen molar-refractivity contribution in [2.24, 2.45) is 10.7 Å². The zero-order valence-electron chi connectivity index (χ0n) is 13.6. The van der Waals surface area contributed by atoms with E-state index in [1.54, 1.807) is 17.9 Å². The van der Waals surface area contributed by atoms with Crippen LogP contribution >= 0.6 is 15.9 Å². The number of nitrogens with zero attached hydrogens (tertiary/aromatic N) is 2. The lowest BCUT2D eigenvalue weighted by molar-refractivity contribution is 0.0963. The standard InChI is InChI=1S/C16H22BrFN4O2/c1-2-24-16(23)22-5-3-14(4-6-22)21-15(19)20-10-11-7-12(17)9-13(18)8-11/h7-9,14H,2-6,10H2,1H3,(H3,19,20,21). The number of amides is 1. The molecule has 1 amide bonds. The fourth-order valence-corrected chi connectivity index (χ4v) is 3.07. The van der Waals surface area contributed by atoms with Crippen molar-refractivity contribution in [2.75, 3.05) is 19.7 Å². The van der Waals surface area contributed by atoms with Crippen molar-refractivity contribution in [1.82, 2.24) is 10.2 Å². The van der Waals surface area contributed by atoms with E-state index in [-0.39, 0.29) is 18.0 Å². The second-order valence-corrected chi connectivity index (χ2v) is 6.50. The summed E-state index contributed by atoms with van der Waals surface area (Å²) in [7, 11) is 0. The molecular weight excluding hydrogens is 379 g/mol. The van der Waals surface area contributed by atoms with Crippen LogP contribution in [0.2, 0.25) is 0 Å². The van der Waals surface area contributed by atoms with Crippen LogP contribution < -0.4 is 11.1 Å². The van der Waals surface area contributed by atoms with Gasteiger partial charge in [-0.25, -0.2) is 14.2 Å². The van der Waals surface area contributed by atoms with Gasteiger partial charge in [0.1, 0.15) is 5.82 Å². The number of benzene rings is 1. The van der Waals surface area contributed by atoms with Gasteiger partial charge in [-0.1, -0.05) is 15.9 Å². The molecule has 1 aromatic rings. The first-order valence-corrected chi connectivity index (χ1v) is 8.70. The Bertz CT molecular complexity index is 583. The summed E-state index contributed by atoms with van der Waals surface area (Å²) >= 11 is 3.25. The van der Waals surface area contributed by atoms with Crippen LogP contribution in [0, 0.1) is 5.82 Å². The molecule has 24 heavy (non-hydrogen) atoms. The van der Waals surface area contributed by atoms with Gasteiger partial charge in [0.2, 0.25) is 0 Å². The summed E-state index contributed by atoms with van der Waals surface area (Å²) in [6, 6.07) is 4.79. The van der Waals surface area contributed by atoms with E-state index < -0.39 is 0 Å². The third kappa shape index (κ3) is 5.67. The van der Waals surface area contributed by atoms with Crippen molar-refractivity contribution in [3.05, 3.63) is 34.1 Å². The summed E-state index contributed by atoms with van der Waals surface area (Å²) in [6.45, 7) is 3.73. The molecule has 1 aliphatic heterocycles. The third-order valence-electron chi connectivity index (χ3n) is 3.73. The largest absolute Gasteiger partial charge is 0.450 e. The fourth-order valence-electron chi connectivity index (χ4n) is 2.55. The van der Waals surface area contributed by atoms with Gasteiger partial charge in [-0.3, -0.25) is 0 Å². The van der Waals surface area contributed by atoms with E-state index in [2.05, 4.69) is 26.2 Å². The maximum atomic E-state index is 13.3. The summed E-state index contributed by atoms with van der Waals surface area (Å²) in [5.41, 5.74) is 6.64. The highest BCUT2D eigenvalue weighted by Crippen LogP contribution is 2.15. The average molecular weight is 401 g/mol. The molecule has 0 saturated carbocycles. The normalized spacial score (nSPS) is 16.1. The molecule has 0 bridgehead atoms. The Morgan fingerprint density at radius 2 is 2.17 bits per heavy atom. The van der Waals surface area contributed by atoms with Crippen molar-refractivity contribution in [2.45, 2.75) is 32.4 Å². The minimum atomic E-state index is -0.313. The molecule has 0 atom stereocenters. The summed E-state index contributed by atoms with van der Waals surface area (Å²) in [6.07, 6.45) is 1.29. The highest BCUT2D eigenvalue weighted by atomic mass is 79.9. The molecule has 1 fully saturated rings. The van der Waals surface area contributed by atoms with Gasteiger partial charge < -0.3 is 20.7 Å². The number of ether oxygens (including phenoxy) is 1. The number of rotatable bonds is 4. The zero-order valence-corrected chi connectivity index (χ0v) is 15.2. The lowest BCUT2D eigenvalue weighted by Crippen LogP contribution is -2.48. The molecule has 0 aliphatic carbocycles. The van der Waals surface area contributed by atoms with Crippen LogP contribution in [-0.2, 0) is 11.3 Å². The predicted octanol–water partition coefficient (Wildman–Crippen LogP) is 2.61. The van der Waals surface area contributed by atoms with E-state index in [9.17, 15) is 9.18 Å². The second kappa shape index (κ2) is 8.86. The van der Waals surface area contributed by atoms with E-state index in [4.69, 9.17) is 10.5 Å². The molecule has 0 radical (unpaired) electrons. The lowest BCUT2D eigenvalue weighted by atomic mass is 10.1. The van der Waals surface area contributed by atoms with Crippen LogP contribution in [0.15, 0.2) is 27.7 Å². The second-order valence-electron chi connectivity index (χ2n) is 5.58. The number of likely N-dealkylation sites (tertiary alicyclic amines) is 1. The van der Waals surface area contributed by atoms with Crippen LogP contribution in [0.25, 0.3) is 0 Å². The minimum absolute atomic E-state index is 0.165. The number of nitrogens with two attached hydrogens (primary N) is 1. The van der Waals surface area contributed by atoms with Gasteiger partial charge in [0.15, 0.2) is 5.96 Å². The maximum Gasteiger partial charge on any atom is 0.409 e. The van der Waals surface area contributed by atoms with Crippen molar-refractivity contribution < 1.29 is 13.9 Å². The van der Waals surface area contributed by atoms with Crippen LogP contribution in [-0.4, -0.2) is 42.7 Å². The van der Waals surface area contributed by atoms with Gasteiger partial charge in [-0.2, -0.15) is 0 Å². The number of hydrogen-bond donors (Lipinski definition) is 2. The van der Waals surface area contributed by atoms with Crippen LogP contribution in [0.5, 0.6) is 0 Å². The van der Waals surface area contributed by atoms with Gasteiger partial charge >= 0.3 is 6.09 Å². The highest BCUT2D eigenvalue weighted by Gasteiger charge is 2.23. The molecule has 8 heteroatoms. The predicted molar refractivity (Wildman–Crippen MR) is 94.2 cm³/mol. The quantitative estimate of drug-likeness (QED) is 0.601. The van der Waals surface area contributed by atoms with Gasteiger partial charge in [0, 0.05) is 23.6 Å². The summed E-state index contributed by atoms with van der Waals surface area (Å²) in [4.78, 5) is 17.6. The first-order valence-electron chi connectivity index (χ1n) is 7.91. The Balaban J connectivity index is 1.80. The van der Waals surface area contributed by atoms with Crippen molar-refractivity contribution in [1.29, 1.82) is 0 Å². The van der Waals surface area contributed by atoms with E-state index in [1.807, 2.05) is 0 Å². The van der Waals surface area contributed by atoms with Gasteiger partial charge in [-0.15, -0.1) is 0 Å². The number of piperidine rings is 1. The number of carbonyl (C=O) groups is 1. The van der Waals surface area contributed by atoms with E-state index in [0.29, 0.717) is 36.7 Å². The molecule has 132 valence electrons. The first-order chi connectivity index (χ1) is 11.5.